The van der Waals surface area contributed by atoms with E-state index >= 15 is 0 Å². The summed E-state index contributed by atoms with van der Waals surface area (Å²) in [6, 6.07) is 0.699. The molecule has 16 heavy (non-hydrogen) atoms. The summed E-state index contributed by atoms with van der Waals surface area (Å²) in [4.78, 5) is 5.09. The first kappa shape index (κ1) is 13.9. The van der Waals surface area contributed by atoms with E-state index in [1.807, 2.05) is 0 Å². The molecule has 1 fully saturated rings. The Balaban J connectivity index is 2.46. The normalized spacial score (nSPS) is 27.9. The standard InChI is InChI=1S/C13H29N3/c1-6-13(3,10-14-4)11-16-8-7-15(5)12(2)9-16/h12,14H,6-11H2,1-5H3. The number of hydrogen-bond acceptors (Lipinski definition) is 3. The summed E-state index contributed by atoms with van der Waals surface area (Å²) in [7, 11) is 4.29. The highest BCUT2D eigenvalue weighted by atomic mass is 15.3. The Morgan fingerprint density at radius 3 is 2.56 bits per heavy atom. The first-order valence-electron chi connectivity index (χ1n) is 6.58. The maximum atomic E-state index is 3.33. The summed E-state index contributed by atoms with van der Waals surface area (Å²) in [5.74, 6) is 0. The molecule has 0 aromatic heterocycles. The molecule has 0 spiro atoms. The molecule has 0 radical (unpaired) electrons. The molecule has 0 amide bonds. The number of rotatable bonds is 5. The molecule has 3 heteroatoms. The lowest BCUT2D eigenvalue weighted by Gasteiger charge is -2.42. The molecule has 1 aliphatic rings. The smallest absolute Gasteiger partial charge is 0.0192 e. The lowest BCUT2D eigenvalue weighted by Crippen LogP contribution is -2.53. The third kappa shape index (κ3) is 3.72. The molecule has 1 saturated heterocycles. The second kappa shape index (κ2) is 5.99. The van der Waals surface area contributed by atoms with Crippen LogP contribution in [0.25, 0.3) is 0 Å². The minimum atomic E-state index is 0.421. The predicted molar refractivity (Wildman–Crippen MR) is 70.9 cm³/mol. The fraction of sp³-hybridized carbons (Fsp3) is 1.00. The molecule has 1 rings (SSSR count). The van der Waals surface area contributed by atoms with E-state index in [1.165, 1.54) is 32.6 Å². The second-order valence-corrected chi connectivity index (χ2v) is 5.76. The Morgan fingerprint density at radius 1 is 1.38 bits per heavy atom. The van der Waals surface area contributed by atoms with Crippen LogP contribution < -0.4 is 5.32 Å². The van der Waals surface area contributed by atoms with Crippen molar-refractivity contribution in [3.05, 3.63) is 0 Å². The molecule has 3 nitrogen and oxygen atoms in total. The maximum Gasteiger partial charge on any atom is 0.0192 e. The molecule has 1 heterocycles. The van der Waals surface area contributed by atoms with Crippen LogP contribution in [0.2, 0.25) is 0 Å². The van der Waals surface area contributed by atoms with Gasteiger partial charge in [-0.25, -0.2) is 0 Å². The van der Waals surface area contributed by atoms with Gasteiger partial charge < -0.3 is 10.2 Å². The summed E-state index contributed by atoms with van der Waals surface area (Å²) < 4.78 is 0. The number of nitrogens with one attached hydrogen (secondary N) is 1. The van der Waals surface area contributed by atoms with E-state index in [-0.39, 0.29) is 0 Å². The van der Waals surface area contributed by atoms with Crippen molar-refractivity contribution in [2.75, 3.05) is 46.8 Å². The predicted octanol–water partition coefficient (Wildman–Crippen LogP) is 1.26. The average molecular weight is 227 g/mol. The number of likely N-dealkylation sites (N-methyl/N-ethyl adjacent to an activating group) is 1. The summed E-state index contributed by atoms with van der Waals surface area (Å²) in [5, 5.41) is 3.33. The molecule has 2 atom stereocenters. The van der Waals surface area contributed by atoms with Crippen LogP contribution in [0.4, 0.5) is 0 Å². The minimum Gasteiger partial charge on any atom is -0.319 e. The van der Waals surface area contributed by atoms with Gasteiger partial charge >= 0.3 is 0 Å². The topological polar surface area (TPSA) is 18.5 Å². The van der Waals surface area contributed by atoms with Crippen molar-refractivity contribution >= 4 is 0 Å². The van der Waals surface area contributed by atoms with E-state index in [9.17, 15) is 0 Å². The average Bonchev–Trinajstić information content (AvgIpc) is 2.24. The number of piperazine rings is 1. The van der Waals surface area contributed by atoms with E-state index in [2.05, 4.69) is 50.0 Å². The van der Waals surface area contributed by atoms with E-state index in [1.54, 1.807) is 0 Å². The van der Waals surface area contributed by atoms with E-state index < -0.39 is 0 Å². The first-order valence-corrected chi connectivity index (χ1v) is 6.58. The first-order chi connectivity index (χ1) is 7.50. The summed E-state index contributed by atoms with van der Waals surface area (Å²) in [6.45, 7) is 13.0. The molecular formula is C13H29N3. The fourth-order valence-electron chi connectivity index (χ4n) is 2.53. The van der Waals surface area contributed by atoms with Crippen LogP contribution in [0.3, 0.4) is 0 Å². The number of nitrogens with zero attached hydrogens (tertiary/aromatic N) is 2. The lowest BCUT2D eigenvalue weighted by molar-refractivity contribution is 0.0685. The van der Waals surface area contributed by atoms with Gasteiger partial charge in [-0.15, -0.1) is 0 Å². The van der Waals surface area contributed by atoms with Crippen LogP contribution in [-0.2, 0) is 0 Å². The quantitative estimate of drug-likeness (QED) is 0.763. The van der Waals surface area contributed by atoms with Gasteiger partial charge in [0, 0.05) is 38.8 Å². The molecule has 0 aromatic rings. The van der Waals surface area contributed by atoms with Gasteiger partial charge in [0.1, 0.15) is 0 Å². The highest BCUT2D eigenvalue weighted by molar-refractivity contribution is 4.84. The van der Waals surface area contributed by atoms with Gasteiger partial charge in [-0.3, -0.25) is 4.90 Å². The zero-order valence-corrected chi connectivity index (χ0v) is 11.7. The zero-order chi connectivity index (χ0) is 12.2. The van der Waals surface area contributed by atoms with Crippen molar-refractivity contribution < 1.29 is 0 Å². The van der Waals surface area contributed by atoms with Crippen LogP contribution in [0.5, 0.6) is 0 Å². The van der Waals surface area contributed by atoms with Gasteiger partial charge in [-0.1, -0.05) is 13.8 Å². The van der Waals surface area contributed by atoms with Gasteiger partial charge in [0.25, 0.3) is 0 Å². The third-order valence-corrected chi connectivity index (χ3v) is 4.11. The monoisotopic (exact) mass is 227 g/mol. The van der Waals surface area contributed by atoms with Gasteiger partial charge in [-0.2, -0.15) is 0 Å². The summed E-state index contributed by atoms with van der Waals surface area (Å²) in [5.41, 5.74) is 0.421. The van der Waals surface area contributed by atoms with Crippen LogP contribution in [0.15, 0.2) is 0 Å². The SMILES string of the molecule is CCC(C)(CNC)CN1CCN(C)C(C)C1. The lowest BCUT2D eigenvalue weighted by atomic mass is 9.86. The highest BCUT2D eigenvalue weighted by Gasteiger charge is 2.28. The van der Waals surface area contributed by atoms with Crippen molar-refractivity contribution in [3.63, 3.8) is 0 Å². The van der Waals surface area contributed by atoms with Gasteiger partial charge in [0.05, 0.1) is 0 Å². The molecule has 1 N–H and O–H groups in total. The Hall–Kier alpha value is -0.120. The fourth-order valence-corrected chi connectivity index (χ4v) is 2.53. The molecule has 1 aliphatic heterocycles. The molecule has 0 aromatic carbocycles. The Bertz CT molecular complexity index is 207. The number of hydrogen-bond donors (Lipinski definition) is 1. The minimum absolute atomic E-state index is 0.421. The summed E-state index contributed by atoms with van der Waals surface area (Å²) >= 11 is 0. The largest absolute Gasteiger partial charge is 0.319 e. The Labute approximate surface area is 101 Å². The highest BCUT2D eigenvalue weighted by Crippen LogP contribution is 2.22. The molecule has 0 aliphatic carbocycles. The second-order valence-electron chi connectivity index (χ2n) is 5.76. The van der Waals surface area contributed by atoms with Crippen LogP contribution in [0, 0.1) is 5.41 Å². The maximum absolute atomic E-state index is 3.33. The van der Waals surface area contributed by atoms with Crippen LogP contribution in [0.1, 0.15) is 27.2 Å². The molecule has 0 saturated carbocycles. The Morgan fingerprint density at radius 2 is 2.06 bits per heavy atom. The van der Waals surface area contributed by atoms with Crippen LogP contribution in [-0.4, -0.2) is 62.7 Å². The van der Waals surface area contributed by atoms with Gasteiger partial charge in [0.2, 0.25) is 0 Å². The van der Waals surface area contributed by atoms with Gasteiger partial charge in [0.15, 0.2) is 0 Å². The van der Waals surface area contributed by atoms with E-state index in [0.29, 0.717) is 11.5 Å². The molecule has 0 bridgehead atoms. The third-order valence-electron chi connectivity index (χ3n) is 4.11. The molecule has 96 valence electrons. The van der Waals surface area contributed by atoms with E-state index in [4.69, 9.17) is 0 Å². The van der Waals surface area contributed by atoms with Gasteiger partial charge in [-0.05, 0) is 32.9 Å². The summed E-state index contributed by atoms with van der Waals surface area (Å²) in [6.07, 6.45) is 1.24. The Kier molecular flexibility index (Phi) is 5.22. The van der Waals surface area contributed by atoms with E-state index in [0.717, 1.165) is 6.54 Å². The molecule has 2 unspecified atom stereocenters. The van der Waals surface area contributed by atoms with Crippen molar-refractivity contribution in [2.45, 2.75) is 33.2 Å². The van der Waals surface area contributed by atoms with Crippen molar-refractivity contribution in [3.8, 4) is 0 Å². The van der Waals surface area contributed by atoms with Crippen molar-refractivity contribution in [2.24, 2.45) is 5.41 Å². The van der Waals surface area contributed by atoms with Crippen LogP contribution >= 0.6 is 0 Å². The molecular weight excluding hydrogens is 198 g/mol. The van der Waals surface area contributed by atoms with Crippen molar-refractivity contribution in [1.82, 2.24) is 15.1 Å². The zero-order valence-electron chi connectivity index (χ0n) is 11.7. The van der Waals surface area contributed by atoms with Crippen molar-refractivity contribution in [1.29, 1.82) is 0 Å².